The third kappa shape index (κ3) is 6.24. The van der Waals surface area contributed by atoms with E-state index < -0.39 is 57.7 Å². The Morgan fingerprint density at radius 1 is 0.771 bits per heavy atom. The first-order valence-corrected chi connectivity index (χ1v) is 10.8. The van der Waals surface area contributed by atoms with E-state index in [-0.39, 0.29) is 11.1 Å². The van der Waals surface area contributed by atoms with Gasteiger partial charge < -0.3 is 4.74 Å². The van der Waals surface area contributed by atoms with Gasteiger partial charge >= 0.3 is 5.97 Å². The van der Waals surface area contributed by atoms with E-state index in [1.807, 2.05) is 6.92 Å². The van der Waals surface area contributed by atoms with Crippen molar-refractivity contribution in [1.82, 2.24) is 0 Å². The number of esters is 1. The van der Waals surface area contributed by atoms with Gasteiger partial charge in [0.2, 0.25) is 0 Å². The molecule has 2 nitrogen and oxygen atoms in total. The third-order valence-electron chi connectivity index (χ3n) is 5.21. The zero-order valence-corrected chi connectivity index (χ0v) is 18.9. The molecule has 0 amide bonds. The molecule has 0 spiro atoms. The standard InChI is InChI=1S/C27H20F6O2/c1-3-4-5-6-16-9-22(30)19(23(31)10-16)8-7-17-11-24(32)26(25(33)12-17)27(34)35-18-13-20(28)15(2)21(29)14-18/h9-14H,3-6H2,1-2H3. The zero-order chi connectivity index (χ0) is 25.7. The highest BCUT2D eigenvalue weighted by molar-refractivity contribution is 5.91. The minimum absolute atomic E-state index is 0.296. The second-order valence-corrected chi connectivity index (χ2v) is 7.86. The molecule has 0 saturated carbocycles. The Hall–Kier alpha value is -3.73. The first-order chi connectivity index (χ1) is 16.6. The number of aryl methyl sites for hydroxylation is 1. The topological polar surface area (TPSA) is 26.3 Å². The summed E-state index contributed by atoms with van der Waals surface area (Å²) >= 11 is 0. The van der Waals surface area contributed by atoms with Gasteiger partial charge in [-0.05, 0) is 49.6 Å². The van der Waals surface area contributed by atoms with Crippen LogP contribution in [0, 0.1) is 53.7 Å². The first kappa shape index (κ1) is 25.9. The van der Waals surface area contributed by atoms with Gasteiger partial charge in [-0.15, -0.1) is 0 Å². The van der Waals surface area contributed by atoms with Crippen molar-refractivity contribution in [2.75, 3.05) is 0 Å². The molecule has 0 aliphatic carbocycles. The largest absolute Gasteiger partial charge is 0.423 e. The molecule has 0 saturated heterocycles. The van der Waals surface area contributed by atoms with E-state index in [4.69, 9.17) is 4.74 Å². The van der Waals surface area contributed by atoms with Gasteiger partial charge in [0.05, 0.1) is 5.56 Å². The van der Waals surface area contributed by atoms with Crippen LogP contribution in [0.5, 0.6) is 5.75 Å². The number of halogens is 6. The van der Waals surface area contributed by atoms with Gasteiger partial charge in [-0.1, -0.05) is 31.6 Å². The molecule has 3 rings (SSSR count). The van der Waals surface area contributed by atoms with E-state index in [9.17, 15) is 31.1 Å². The smallest absolute Gasteiger partial charge is 0.349 e. The molecule has 0 radical (unpaired) electrons. The number of unbranched alkanes of at least 4 members (excludes halogenated alkanes) is 2. The Balaban J connectivity index is 1.83. The van der Waals surface area contributed by atoms with E-state index in [1.54, 1.807) is 0 Å². The maximum Gasteiger partial charge on any atom is 0.349 e. The molecule has 0 unspecified atom stereocenters. The van der Waals surface area contributed by atoms with Crippen LogP contribution in [0.25, 0.3) is 0 Å². The van der Waals surface area contributed by atoms with Crippen molar-refractivity contribution in [3.8, 4) is 17.6 Å². The molecule has 0 N–H and O–H groups in total. The minimum Gasteiger partial charge on any atom is -0.423 e. The molecule has 0 atom stereocenters. The van der Waals surface area contributed by atoms with Gasteiger partial charge in [-0.25, -0.2) is 31.1 Å². The Kier molecular flexibility index (Phi) is 8.23. The quantitative estimate of drug-likeness (QED) is 0.120. The third-order valence-corrected chi connectivity index (χ3v) is 5.21. The van der Waals surface area contributed by atoms with E-state index in [0.29, 0.717) is 36.2 Å². The van der Waals surface area contributed by atoms with Crippen molar-refractivity contribution in [2.24, 2.45) is 0 Å². The van der Waals surface area contributed by atoms with Crippen molar-refractivity contribution in [2.45, 2.75) is 39.5 Å². The summed E-state index contributed by atoms with van der Waals surface area (Å²) in [5, 5.41) is 0. The lowest BCUT2D eigenvalue weighted by atomic mass is 10.0. The fourth-order valence-corrected chi connectivity index (χ4v) is 3.28. The molecule has 8 heteroatoms. The van der Waals surface area contributed by atoms with Crippen molar-refractivity contribution < 1.29 is 35.9 Å². The fourth-order valence-electron chi connectivity index (χ4n) is 3.28. The summed E-state index contributed by atoms with van der Waals surface area (Å²) < 4.78 is 89.6. The Bertz CT molecular complexity index is 1270. The van der Waals surface area contributed by atoms with Gasteiger partial charge in [0, 0.05) is 23.3 Å². The lowest BCUT2D eigenvalue weighted by Gasteiger charge is -2.08. The SMILES string of the molecule is CCCCCc1cc(F)c(C#Cc2cc(F)c(C(=O)Oc3cc(F)c(C)c(F)c3)c(F)c2)c(F)c1. The summed E-state index contributed by atoms with van der Waals surface area (Å²) in [5.74, 6) is -4.18. The van der Waals surface area contributed by atoms with Crippen LogP contribution in [0.2, 0.25) is 0 Å². The van der Waals surface area contributed by atoms with Gasteiger partial charge in [-0.2, -0.15) is 0 Å². The van der Waals surface area contributed by atoms with Crippen LogP contribution in [0.15, 0.2) is 36.4 Å². The summed E-state index contributed by atoms with van der Waals surface area (Å²) in [5.41, 5.74) is -1.81. The fraction of sp³-hybridized carbons (Fsp3) is 0.222. The first-order valence-electron chi connectivity index (χ1n) is 10.8. The number of carbonyl (C=O) groups is 1. The van der Waals surface area contributed by atoms with Gasteiger partial charge in [-0.3, -0.25) is 0 Å². The highest BCUT2D eigenvalue weighted by Crippen LogP contribution is 2.23. The second-order valence-electron chi connectivity index (χ2n) is 7.86. The van der Waals surface area contributed by atoms with E-state index in [1.165, 1.54) is 12.1 Å². The Morgan fingerprint density at radius 3 is 1.89 bits per heavy atom. The van der Waals surface area contributed by atoms with Gasteiger partial charge in [0.1, 0.15) is 46.2 Å². The number of hydrogen-bond acceptors (Lipinski definition) is 2. The summed E-state index contributed by atoms with van der Waals surface area (Å²) in [6.07, 6.45) is 3.16. The van der Waals surface area contributed by atoms with Crippen LogP contribution in [-0.4, -0.2) is 5.97 Å². The number of hydrogen-bond donors (Lipinski definition) is 0. The van der Waals surface area contributed by atoms with E-state index >= 15 is 0 Å². The summed E-state index contributed by atoms with van der Waals surface area (Å²) in [6.45, 7) is 3.17. The van der Waals surface area contributed by atoms with Crippen LogP contribution in [0.4, 0.5) is 26.3 Å². The second kappa shape index (κ2) is 11.1. The average molecular weight is 490 g/mol. The van der Waals surface area contributed by atoms with Crippen molar-refractivity contribution in [3.63, 3.8) is 0 Å². The van der Waals surface area contributed by atoms with Crippen LogP contribution in [-0.2, 0) is 6.42 Å². The monoisotopic (exact) mass is 490 g/mol. The molecular weight excluding hydrogens is 470 g/mol. The molecule has 3 aromatic carbocycles. The van der Waals surface area contributed by atoms with Crippen LogP contribution < -0.4 is 4.74 Å². The summed E-state index contributed by atoms with van der Waals surface area (Å²) in [6, 6.07) is 5.09. The molecule has 0 aliphatic rings. The van der Waals surface area contributed by atoms with Crippen LogP contribution in [0.3, 0.4) is 0 Å². The molecule has 0 bridgehead atoms. The summed E-state index contributed by atoms with van der Waals surface area (Å²) in [7, 11) is 0. The normalized spacial score (nSPS) is 10.6. The van der Waals surface area contributed by atoms with Crippen molar-refractivity contribution in [3.05, 3.63) is 99.1 Å². The molecule has 0 fully saturated rings. The van der Waals surface area contributed by atoms with Crippen LogP contribution in [0.1, 0.15) is 58.8 Å². The Morgan fingerprint density at radius 2 is 1.34 bits per heavy atom. The molecule has 182 valence electrons. The number of carbonyl (C=O) groups excluding carboxylic acids is 1. The molecular formula is C27H20F6O2. The lowest BCUT2D eigenvalue weighted by molar-refractivity contribution is 0.0723. The van der Waals surface area contributed by atoms with Gasteiger partial charge in [0.15, 0.2) is 0 Å². The van der Waals surface area contributed by atoms with E-state index in [0.717, 1.165) is 26.2 Å². The predicted octanol–water partition coefficient (Wildman–Crippen LogP) is 7.18. The molecule has 35 heavy (non-hydrogen) atoms. The predicted molar refractivity (Wildman–Crippen MR) is 118 cm³/mol. The van der Waals surface area contributed by atoms with Gasteiger partial charge in [0.25, 0.3) is 0 Å². The van der Waals surface area contributed by atoms with Crippen molar-refractivity contribution in [1.29, 1.82) is 0 Å². The maximum atomic E-state index is 14.5. The Labute approximate surface area is 198 Å². The zero-order valence-electron chi connectivity index (χ0n) is 18.9. The molecule has 0 heterocycles. The van der Waals surface area contributed by atoms with Crippen molar-refractivity contribution >= 4 is 5.97 Å². The maximum absolute atomic E-state index is 14.5. The highest BCUT2D eigenvalue weighted by atomic mass is 19.2. The minimum atomic E-state index is -1.53. The van der Waals surface area contributed by atoms with E-state index in [2.05, 4.69) is 11.8 Å². The van der Waals surface area contributed by atoms with Crippen LogP contribution >= 0.6 is 0 Å². The number of benzene rings is 3. The molecule has 0 aliphatic heterocycles. The number of rotatable bonds is 6. The highest BCUT2D eigenvalue weighted by Gasteiger charge is 2.22. The lowest BCUT2D eigenvalue weighted by Crippen LogP contribution is -2.14. The number of ether oxygens (including phenoxy) is 1. The summed E-state index contributed by atoms with van der Waals surface area (Å²) in [4.78, 5) is 12.2. The molecule has 0 aromatic heterocycles. The average Bonchev–Trinajstić information content (AvgIpc) is 2.76. The molecule has 3 aromatic rings.